The number of nitrogens with one attached hydrogen (secondary N) is 1. The van der Waals surface area contributed by atoms with Gasteiger partial charge in [0.25, 0.3) is 5.56 Å². The van der Waals surface area contributed by atoms with Crippen LogP contribution in [0.25, 0.3) is 10.9 Å². The van der Waals surface area contributed by atoms with Gasteiger partial charge in [0, 0.05) is 12.1 Å². The largest absolute Gasteiger partial charge is 0.357 e. The van der Waals surface area contributed by atoms with Gasteiger partial charge in [-0.3, -0.25) is 9.36 Å². The van der Waals surface area contributed by atoms with Crippen molar-refractivity contribution in [3.63, 3.8) is 0 Å². The van der Waals surface area contributed by atoms with Gasteiger partial charge in [0.15, 0.2) is 9.83 Å². The average molecular weight is 355 g/mol. The first-order valence-electron chi connectivity index (χ1n) is 6.50. The van der Waals surface area contributed by atoms with E-state index >= 15 is 0 Å². The molecule has 1 aromatic carbocycles. The van der Waals surface area contributed by atoms with Crippen molar-refractivity contribution in [2.75, 3.05) is 7.11 Å². The number of alkyl halides is 1. The van der Waals surface area contributed by atoms with Crippen molar-refractivity contribution in [2.24, 2.45) is 0 Å². The van der Waals surface area contributed by atoms with Crippen LogP contribution in [0.15, 0.2) is 52.3 Å². The molecule has 0 bridgehead atoms. The third-order valence-electron chi connectivity index (χ3n) is 3.60. The number of aromatic amines is 1. The fraction of sp³-hybridized carbons (Fsp3) is 0.200. The summed E-state index contributed by atoms with van der Waals surface area (Å²) in [4.78, 5) is 15.9. The lowest BCUT2D eigenvalue weighted by Gasteiger charge is -2.33. The number of nitrogens with zero attached hydrogens (tertiary/aromatic N) is 1. The Morgan fingerprint density at radius 2 is 2.14 bits per heavy atom. The maximum absolute atomic E-state index is 12.8. The fourth-order valence-electron chi connectivity index (χ4n) is 2.51. The van der Waals surface area contributed by atoms with E-state index in [9.17, 15) is 4.79 Å². The topological polar surface area (TPSA) is 47.0 Å². The highest BCUT2D eigenvalue weighted by Crippen LogP contribution is 2.38. The molecule has 1 heterocycles. The number of benzene rings is 1. The molecule has 114 valence electrons. The number of H-pyrrole nitrogens is 1. The molecule has 0 spiro atoms. The number of allylic oxidation sites excluding steroid dienone is 2. The van der Waals surface area contributed by atoms with E-state index in [1.165, 1.54) is 11.7 Å². The van der Waals surface area contributed by atoms with Crippen molar-refractivity contribution in [2.45, 2.75) is 11.1 Å². The first kappa shape index (κ1) is 15.5. The molecular weight excluding hydrogens is 343 g/mol. The molecule has 0 saturated carbocycles. The number of ether oxygens (including phenoxy) is 1. The minimum atomic E-state index is -1.28. The van der Waals surface area contributed by atoms with E-state index in [1.807, 2.05) is 6.07 Å². The summed E-state index contributed by atoms with van der Waals surface area (Å²) in [6.45, 7) is 0. The quantitative estimate of drug-likeness (QED) is 0.657. The van der Waals surface area contributed by atoms with Gasteiger partial charge in [0.05, 0.1) is 10.9 Å². The minimum Gasteiger partial charge on any atom is -0.357 e. The highest BCUT2D eigenvalue weighted by atomic mass is 35.5. The van der Waals surface area contributed by atoms with Crippen LogP contribution in [-0.2, 0) is 4.74 Å². The highest BCUT2D eigenvalue weighted by molar-refractivity contribution is 7.71. The van der Waals surface area contributed by atoms with Gasteiger partial charge in [-0.05, 0) is 36.5 Å². The van der Waals surface area contributed by atoms with Crippen LogP contribution in [0.5, 0.6) is 0 Å². The summed E-state index contributed by atoms with van der Waals surface area (Å²) >= 11 is 17.8. The standard InChI is InChI=1S/C15H12Cl2N2O2S/c1-21-15(17)8-9(16)6-7-12(15)19-13(20)10-4-2-3-5-11(10)18-14(19)22/h2-8,12H,1H3,(H,18,22). The Hall–Kier alpha value is -1.40. The van der Waals surface area contributed by atoms with E-state index in [0.717, 1.165) is 0 Å². The number of hydrogen-bond acceptors (Lipinski definition) is 3. The van der Waals surface area contributed by atoms with Crippen LogP contribution in [0.2, 0.25) is 0 Å². The molecule has 2 atom stereocenters. The molecule has 0 saturated heterocycles. The summed E-state index contributed by atoms with van der Waals surface area (Å²) in [6, 6.07) is 6.55. The summed E-state index contributed by atoms with van der Waals surface area (Å²) in [6.07, 6.45) is 4.93. The number of rotatable bonds is 2. The molecular formula is C15H12Cl2N2O2S. The van der Waals surface area contributed by atoms with Gasteiger partial charge in [-0.1, -0.05) is 41.4 Å². The Labute approximate surface area is 141 Å². The van der Waals surface area contributed by atoms with Crippen molar-refractivity contribution >= 4 is 46.3 Å². The molecule has 1 aliphatic carbocycles. The van der Waals surface area contributed by atoms with Gasteiger partial charge in [-0.15, -0.1) is 0 Å². The van der Waals surface area contributed by atoms with Gasteiger partial charge in [-0.2, -0.15) is 0 Å². The van der Waals surface area contributed by atoms with Crippen LogP contribution in [0.3, 0.4) is 0 Å². The smallest absolute Gasteiger partial charge is 0.262 e. The Morgan fingerprint density at radius 1 is 1.41 bits per heavy atom. The Kier molecular flexibility index (Phi) is 3.99. The molecule has 4 nitrogen and oxygen atoms in total. The third-order valence-corrected chi connectivity index (χ3v) is 4.62. The lowest BCUT2D eigenvalue weighted by atomic mass is 10.0. The van der Waals surface area contributed by atoms with E-state index < -0.39 is 11.1 Å². The second kappa shape index (κ2) is 5.66. The van der Waals surface area contributed by atoms with Crippen molar-refractivity contribution in [3.05, 3.63) is 62.7 Å². The van der Waals surface area contributed by atoms with Crippen molar-refractivity contribution in [1.82, 2.24) is 9.55 Å². The Morgan fingerprint density at radius 3 is 2.86 bits per heavy atom. The maximum atomic E-state index is 12.8. The molecule has 0 aliphatic heterocycles. The van der Waals surface area contributed by atoms with Crippen LogP contribution < -0.4 is 5.56 Å². The molecule has 0 fully saturated rings. The number of aromatic nitrogens is 2. The summed E-state index contributed by atoms with van der Waals surface area (Å²) in [7, 11) is 1.46. The number of para-hydroxylation sites is 1. The van der Waals surface area contributed by atoms with Crippen LogP contribution in [0.4, 0.5) is 0 Å². The highest BCUT2D eigenvalue weighted by Gasteiger charge is 2.38. The number of fused-ring (bicyclic) bond motifs is 1. The van der Waals surface area contributed by atoms with Gasteiger partial charge < -0.3 is 9.72 Å². The normalized spacial score (nSPS) is 24.5. The predicted octanol–water partition coefficient (Wildman–Crippen LogP) is 3.87. The van der Waals surface area contributed by atoms with Gasteiger partial charge in [0.1, 0.15) is 6.04 Å². The van der Waals surface area contributed by atoms with Crippen LogP contribution in [0, 0.1) is 4.77 Å². The summed E-state index contributed by atoms with van der Waals surface area (Å²) < 4.78 is 7.05. The second-order valence-electron chi connectivity index (χ2n) is 4.89. The monoisotopic (exact) mass is 354 g/mol. The molecule has 2 unspecified atom stereocenters. The van der Waals surface area contributed by atoms with Crippen molar-refractivity contribution in [3.8, 4) is 0 Å². The molecule has 2 aromatic rings. The number of halogens is 2. The zero-order valence-electron chi connectivity index (χ0n) is 11.5. The maximum Gasteiger partial charge on any atom is 0.262 e. The average Bonchev–Trinajstić information content (AvgIpc) is 2.49. The van der Waals surface area contributed by atoms with Crippen LogP contribution in [0.1, 0.15) is 6.04 Å². The fourth-order valence-corrected chi connectivity index (χ4v) is 3.39. The molecule has 1 N–H and O–H groups in total. The van der Waals surface area contributed by atoms with Crippen molar-refractivity contribution < 1.29 is 4.74 Å². The Bertz CT molecular complexity index is 916. The minimum absolute atomic E-state index is 0.234. The molecule has 0 amide bonds. The van der Waals surface area contributed by atoms with E-state index in [1.54, 1.807) is 36.4 Å². The number of methoxy groups -OCH3 is 1. The summed E-state index contributed by atoms with van der Waals surface area (Å²) in [5.41, 5.74) is 0.446. The zero-order chi connectivity index (χ0) is 15.9. The van der Waals surface area contributed by atoms with E-state index in [4.69, 9.17) is 40.2 Å². The molecule has 22 heavy (non-hydrogen) atoms. The Balaban J connectivity index is 2.29. The van der Waals surface area contributed by atoms with Gasteiger partial charge in [0.2, 0.25) is 0 Å². The van der Waals surface area contributed by atoms with Gasteiger partial charge >= 0.3 is 0 Å². The molecule has 1 aliphatic rings. The second-order valence-corrected chi connectivity index (χ2v) is 6.30. The summed E-state index contributed by atoms with van der Waals surface area (Å²) in [5.74, 6) is 0. The first-order valence-corrected chi connectivity index (χ1v) is 7.67. The predicted molar refractivity (Wildman–Crippen MR) is 91.1 cm³/mol. The van der Waals surface area contributed by atoms with Crippen LogP contribution >= 0.6 is 35.4 Å². The molecule has 1 aromatic heterocycles. The van der Waals surface area contributed by atoms with Gasteiger partial charge in [-0.25, -0.2) is 0 Å². The van der Waals surface area contributed by atoms with Crippen LogP contribution in [-0.4, -0.2) is 21.7 Å². The van der Waals surface area contributed by atoms with E-state index in [2.05, 4.69) is 4.98 Å². The molecule has 0 radical (unpaired) electrons. The lowest BCUT2D eigenvalue weighted by molar-refractivity contribution is 0.0697. The lowest BCUT2D eigenvalue weighted by Crippen LogP contribution is -2.40. The number of hydrogen-bond donors (Lipinski definition) is 1. The zero-order valence-corrected chi connectivity index (χ0v) is 13.9. The third kappa shape index (κ3) is 2.44. The first-order chi connectivity index (χ1) is 10.5. The summed E-state index contributed by atoms with van der Waals surface area (Å²) in [5, 5.41) is -0.309. The van der Waals surface area contributed by atoms with Crippen molar-refractivity contribution in [1.29, 1.82) is 0 Å². The molecule has 3 rings (SSSR count). The molecule has 7 heteroatoms. The van der Waals surface area contributed by atoms with E-state index in [-0.39, 0.29) is 10.3 Å². The SMILES string of the molecule is COC1(Cl)C=C(Cl)C=CC1n1c(=S)[nH]c2ccccc2c1=O. The van der Waals surface area contributed by atoms with E-state index in [0.29, 0.717) is 15.9 Å².